The van der Waals surface area contributed by atoms with E-state index in [4.69, 9.17) is 10.2 Å². The minimum atomic E-state index is -0.647. The van der Waals surface area contributed by atoms with Crippen molar-refractivity contribution < 1.29 is 18.4 Å². The fraction of sp³-hybridized carbons (Fsp3) is 0.208. The summed E-state index contributed by atoms with van der Waals surface area (Å²) in [7, 11) is 0. The van der Waals surface area contributed by atoms with Crippen LogP contribution in [-0.4, -0.2) is 11.8 Å². The SMILES string of the molecule is [CH2]CCc1cc(CCc2ccc(F)cc2)cc(C(=O)NCc2ccco2)c1C(N)=O. The van der Waals surface area contributed by atoms with E-state index in [2.05, 4.69) is 12.2 Å². The molecule has 0 saturated carbocycles. The van der Waals surface area contributed by atoms with Gasteiger partial charge in [0.1, 0.15) is 11.6 Å². The van der Waals surface area contributed by atoms with Crippen molar-refractivity contribution in [2.24, 2.45) is 5.73 Å². The van der Waals surface area contributed by atoms with Gasteiger partial charge in [0.15, 0.2) is 0 Å². The van der Waals surface area contributed by atoms with Gasteiger partial charge in [-0.3, -0.25) is 9.59 Å². The van der Waals surface area contributed by atoms with Crippen LogP contribution in [0.1, 0.15) is 49.6 Å². The van der Waals surface area contributed by atoms with E-state index in [-0.39, 0.29) is 23.5 Å². The normalized spacial score (nSPS) is 10.7. The highest BCUT2D eigenvalue weighted by molar-refractivity contribution is 6.07. The molecule has 0 aliphatic rings. The zero-order chi connectivity index (χ0) is 21.5. The van der Waals surface area contributed by atoms with Crippen molar-refractivity contribution >= 4 is 11.8 Å². The first-order valence-electron chi connectivity index (χ1n) is 9.77. The van der Waals surface area contributed by atoms with Crippen molar-refractivity contribution in [3.8, 4) is 0 Å². The Bertz CT molecular complexity index is 1010. The van der Waals surface area contributed by atoms with E-state index < -0.39 is 11.8 Å². The second-order valence-corrected chi connectivity index (χ2v) is 7.03. The molecule has 6 heteroatoms. The minimum absolute atomic E-state index is 0.203. The third kappa shape index (κ3) is 5.35. The van der Waals surface area contributed by atoms with Crippen LogP contribution in [0.15, 0.2) is 59.2 Å². The van der Waals surface area contributed by atoms with Gasteiger partial charge in [-0.1, -0.05) is 25.1 Å². The number of amides is 2. The van der Waals surface area contributed by atoms with Gasteiger partial charge in [-0.15, -0.1) is 0 Å². The van der Waals surface area contributed by atoms with Gasteiger partial charge in [-0.25, -0.2) is 4.39 Å². The highest BCUT2D eigenvalue weighted by atomic mass is 19.1. The molecule has 1 radical (unpaired) electrons. The Balaban J connectivity index is 1.87. The van der Waals surface area contributed by atoms with Crippen molar-refractivity contribution in [2.75, 3.05) is 0 Å². The largest absolute Gasteiger partial charge is 0.467 e. The van der Waals surface area contributed by atoms with E-state index in [1.54, 1.807) is 30.3 Å². The second-order valence-electron chi connectivity index (χ2n) is 7.03. The summed E-state index contributed by atoms with van der Waals surface area (Å²) in [6.45, 7) is 4.06. The number of hydrogen-bond donors (Lipinski definition) is 2. The van der Waals surface area contributed by atoms with Crippen LogP contribution in [0.25, 0.3) is 0 Å². The molecule has 3 N–H and O–H groups in total. The van der Waals surface area contributed by atoms with Crippen LogP contribution in [0.3, 0.4) is 0 Å². The number of carbonyl (C=O) groups excluding carboxylic acids is 2. The first kappa shape index (κ1) is 21.3. The van der Waals surface area contributed by atoms with Crippen LogP contribution in [0.2, 0.25) is 0 Å². The zero-order valence-corrected chi connectivity index (χ0v) is 16.6. The molecule has 2 aromatic carbocycles. The third-order valence-corrected chi connectivity index (χ3v) is 4.84. The number of aryl methyl sites for hydroxylation is 3. The fourth-order valence-corrected chi connectivity index (χ4v) is 3.39. The molecule has 0 aliphatic heterocycles. The van der Waals surface area contributed by atoms with Crippen LogP contribution in [0.5, 0.6) is 0 Å². The molecule has 0 aliphatic carbocycles. The van der Waals surface area contributed by atoms with Crippen LogP contribution < -0.4 is 11.1 Å². The molecule has 0 spiro atoms. The molecule has 1 heterocycles. The number of nitrogens with two attached hydrogens (primary N) is 1. The smallest absolute Gasteiger partial charge is 0.252 e. The van der Waals surface area contributed by atoms with Crippen LogP contribution in [0.4, 0.5) is 4.39 Å². The number of primary amides is 1. The average molecular weight is 407 g/mol. The standard InChI is InChI=1S/C24H24FN2O3/c1-2-4-18-13-17(7-6-16-8-10-19(25)11-9-16)14-21(22(18)23(26)28)24(29)27-15-20-5-3-12-30-20/h3,5,8-14H,1-2,4,6-7,15H2,(H2,26,28)(H,27,29). The lowest BCUT2D eigenvalue weighted by Crippen LogP contribution is -2.27. The summed E-state index contributed by atoms with van der Waals surface area (Å²) in [4.78, 5) is 25.0. The highest BCUT2D eigenvalue weighted by Gasteiger charge is 2.20. The van der Waals surface area contributed by atoms with E-state index in [0.717, 1.165) is 11.1 Å². The van der Waals surface area contributed by atoms with E-state index in [1.165, 1.54) is 18.4 Å². The van der Waals surface area contributed by atoms with Gasteiger partial charge >= 0.3 is 0 Å². The zero-order valence-electron chi connectivity index (χ0n) is 16.6. The van der Waals surface area contributed by atoms with Crippen LogP contribution in [0, 0.1) is 12.7 Å². The maximum atomic E-state index is 13.1. The predicted molar refractivity (Wildman–Crippen MR) is 112 cm³/mol. The van der Waals surface area contributed by atoms with Gasteiger partial charge in [-0.05, 0) is 72.7 Å². The minimum Gasteiger partial charge on any atom is -0.467 e. The van der Waals surface area contributed by atoms with E-state index in [1.807, 2.05) is 6.07 Å². The molecule has 2 amide bonds. The Morgan fingerprint density at radius 2 is 1.77 bits per heavy atom. The second kappa shape index (κ2) is 9.87. The summed E-state index contributed by atoms with van der Waals surface area (Å²) in [5.41, 5.74) is 8.67. The van der Waals surface area contributed by atoms with Gasteiger partial charge in [-0.2, -0.15) is 0 Å². The van der Waals surface area contributed by atoms with Crippen LogP contribution in [-0.2, 0) is 25.8 Å². The number of furan rings is 1. The van der Waals surface area contributed by atoms with Crippen molar-refractivity contribution in [3.05, 3.63) is 101 Å². The monoisotopic (exact) mass is 407 g/mol. The highest BCUT2D eigenvalue weighted by Crippen LogP contribution is 2.21. The molecule has 155 valence electrons. The van der Waals surface area contributed by atoms with Gasteiger partial charge < -0.3 is 15.5 Å². The van der Waals surface area contributed by atoms with E-state index in [9.17, 15) is 14.0 Å². The molecule has 0 bridgehead atoms. The first-order chi connectivity index (χ1) is 14.5. The predicted octanol–water partition coefficient (Wildman–Crippen LogP) is 4.00. The third-order valence-electron chi connectivity index (χ3n) is 4.84. The number of halogens is 1. The molecule has 3 rings (SSSR count). The number of hydrogen-bond acceptors (Lipinski definition) is 3. The van der Waals surface area contributed by atoms with Crippen molar-refractivity contribution in [2.45, 2.75) is 32.2 Å². The molecule has 0 unspecified atom stereocenters. The number of benzene rings is 2. The van der Waals surface area contributed by atoms with Crippen LogP contribution >= 0.6 is 0 Å². The van der Waals surface area contributed by atoms with Gasteiger partial charge in [0, 0.05) is 0 Å². The summed E-state index contributed by atoms with van der Waals surface area (Å²) in [6, 6.07) is 13.4. The van der Waals surface area contributed by atoms with Crippen molar-refractivity contribution in [1.82, 2.24) is 5.32 Å². The summed E-state index contributed by atoms with van der Waals surface area (Å²) in [6.07, 6.45) is 3.93. The summed E-state index contributed by atoms with van der Waals surface area (Å²) in [5.74, 6) is -0.715. The maximum Gasteiger partial charge on any atom is 0.252 e. The summed E-state index contributed by atoms with van der Waals surface area (Å²) >= 11 is 0. The number of carbonyl (C=O) groups is 2. The van der Waals surface area contributed by atoms with Crippen molar-refractivity contribution in [1.29, 1.82) is 0 Å². The number of nitrogens with one attached hydrogen (secondary N) is 1. The Kier molecular flexibility index (Phi) is 7.01. The maximum absolute atomic E-state index is 13.1. The lowest BCUT2D eigenvalue weighted by molar-refractivity contribution is 0.0931. The fourth-order valence-electron chi connectivity index (χ4n) is 3.39. The lowest BCUT2D eigenvalue weighted by Gasteiger charge is -2.15. The van der Waals surface area contributed by atoms with Gasteiger partial charge in [0.2, 0.25) is 5.91 Å². The molecule has 30 heavy (non-hydrogen) atoms. The molecule has 0 atom stereocenters. The molecule has 0 fully saturated rings. The molecule has 0 saturated heterocycles. The molecule has 1 aromatic heterocycles. The van der Waals surface area contributed by atoms with Crippen molar-refractivity contribution in [3.63, 3.8) is 0 Å². The quantitative estimate of drug-likeness (QED) is 0.562. The van der Waals surface area contributed by atoms with Gasteiger partial charge in [0.05, 0.1) is 23.9 Å². The lowest BCUT2D eigenvalue weighted by atomic mass is 9.91. The molecule has 5 nitrogen and oxygen atoms in total. The van der Waals surface area contributed by atoms with E-state index >= 15 is 0 Å². The summed E-state index contributed by atoms with van der Waals surface area (Å²) < 4.78 is 18.4. The Morgan fingerprint density at radius 3 is 2.40 bits per heavy atom. The Hall–Kier alpha value is -3.41. The molecular weight excluding hydrogens is 383 g/mol. The van der Waals surface area contributed by atoms with E-state index in [0.29, 0.717) is 37.0 Å². The van der Waals surface area contributed by atoms with Gasteiger partial charge in [0.25, 0.3) is 5.91 Å². The summed E-state index contributed by atoms with van der Waals surface area (Å²) in [5, 5.41) is 2.78. The Morgan fingerprint density at radius 1 is 1.03 bits per heavy atom. The Labute approximate surface area is 175 Å². The first-order valence-corrected chi connectivity index (χ1v) is 9.77. The topological polar surface area (TPSA) is 85.3 Å². The number of rotatable bonds is 9. The molecule has 3 aromatic rings. The average Bonchev–Trinajstić information content (AvgIpc) is 3.25. The molecular formula is C24H24FN2O3.